The van der Waals surface area contributed by atoms with Crippen LogP contribution in [-0.2, 0) is 11.0 Å². The Morgan fingerprint density at radius 1 is 1.38 bits per heavy atom. The van der Waals surface area contributed by atoms with Gasteiger partial charge in [-0.1, -0.05) is 0 Å². The molecule has 1 aromatic heterocycles. The molecule has 0 spiro atoms. The second-order valence-electron chi connectivity index (χ2n) is 5.07. The molecule has 5 nitrogen and oxygen atoms in total. The minimum absolute atomic E-state index is 0.203. The number of hydrogen-bond donors (Lipinski definition) is 2. The van der Waals surface area contributed by atoms with Crippen molar-refractivity contribution in [2.75, 3.05) is 17.3 Å². The van der Waals surface area contributed by atoms with Crippen molar-refractivity contribution in [3.63, 3.8) is 0 Å². The number of nitrogens with two attached hydrogens (primary N) is 1. The fourth-order valence-electron chi connectivity index (χ4n) is 2.09. The van der Waals surface area contributed by atoms with E-state index in [4.69, 9.17) is 10.2 Å². The average Bonchev–Trinajstić information content (AvgIpc) is 2.50. The molecule has 1 aromatic carbocycles. The maximum Gasteiger partial charge on any atom is 0.417 e. The number of halogens is 3. The van der Waals surface area contributed by atoms with E-state index in [0.29, 0.717) is 18.2 Å². The van der Waals surface area contributed by atoms with Crippen LogP contribution in [0, 0.1) is 0 Å². The number of carbonyl (C=O) groups is 1. The predicted octanol–water partition coefficient (Wildman–Crippen LogP) is 2.83. The molecule has 0 saturated heterocycles. The van der Waals surface area contributed by atoms with Crippen LogP contribution in [0.1, 0.15) is 12.0 Å². The van der Waals surface area contributed by atoms with Gasteiger partial charge >= 0.3 is 11.8 Å². The Morgan fingerprint density at radius 3 is 2.71 bits per heavy atom. The highest BCUT2D eigenvalue weighted by atomic mass is 32.2. The second kappa shape index (κ2) is 7.27. The summed E-state index contributed by atoms with van der Waals surface area (Å²) < 4.78 is 43.7. The van der Waals surface area contributed by atoms with Gasteiger partial charge in [-0.25, -0.2) is 4.79 Å². The van der Waals surface area contributed by atoms with E-state index in [9.17, 15) is 22.8 Å². The Labute approximate surface area is 139 Å². The number of benzene rings is 1. The maximum absolute atomic E-state index is 13.0. The van der Waals surface area contributed by atoms with Gasteiger partial charge in [-0.3, -0.25) is 4.79 Å². The van der Waals surface area contributed by atoms with Crippen molar-refractivity contribution in [1.29, 1.82) is 0 Å². The van der Waals surface area contributed by atoms with Gasteiger partial charge in [0.1, 0.15) is 5.58 Å². The van der Waals surface area contributed by atoms with E-state index >= 15 is 0 Å². The molecule has 0 radical (unpaired) electrons. The summed E-state index contributed by atoms with van der Waals surface area (Å²) in [5, 5.41) is 2.25. The van der Waals surface area contributed by atoms with Crippen LogP contribution in [0.25, 0.3) is 11.0 Å². The quantitative estimate of drug-likeness (QED) is 0.801. The summed E-state index contributed by atoms with van der Waals surface area (Å²) in [6.45, 7) is 0. The molecule has 1 unspecified atom stereocenters. The Balaban J connectivity index is 2.32. The minimum atomic E-state index is -4.68. The molecule has 0 saturated carbocycles. The molecule has 24 heavy (non-hydrogen) atoms. The van der Waals surface area contributed by atoms with Crippen LogP contribution in [0.5, 0.6) is 0 Å². The third-order valence-electron chi connectivity index (χ3n) is 3.29. The number of nitrogens with one attached hydrogen (secondary N) is 1. The Bertz CT molecular complexity index is 805. The molecular formula is C15H15F3N2O3S. The summed E-state index contributed by atoms with van der Waals surface area (Å²) >= 11 is 1.54. The molecule has 0 aliphatic heterocycles. The van der Waals surface area contributed by atoms with Gasteiger partial charge in [-0.05, 0) is 30.6 Å². The van der Waals surface area contributed by atoms with Gasteiger partial charge in [-0.2, -0.15) is 24.9 Å². The van der Waals surface area contributed by atoms with Crippen molar-refractivity contribution in [2.45, 2.75) is 18.6 Å². The van der Waals surface area contributed by atoms with E-state index in [2.05, 4.69) is 5.32 Å². The number of rotatable bonds is 5. The standard InChI is InChI=1S/C15H15F3N2O3S/c1-24-5-4-11(19)14(22)20-8-2-3-9-10(15(16,17)18)7-13(21)23-12(9)6-8/h2-3,6-7,11H,4-5,19H2,1H3,(H,20,22). The summed E-state index contributed by atoms with van der Waals surface area (Å²) in [6.07, 6.45) is -2.33. The zero-order valence-corrected chi connectivity index (χ0v) is 13.5. The third-order valence-corrected chi connectivity index (χ3v) is 3.93. The van der Waals surface area contributed by atoms with E-state index in [1.807, 2.05) is 6.26 Å². The van der Waals surface area contributed by atoms with Crippen molar-refractivity contribution in [3.8, 4) is 0 Å². The van der Waals surface area contributed by atoms with Gasteiger partial charge in [-0.15, -0.1) is 0 Å². The fraction of sp³-hybridized carbons (Fsp3) is 0.333. The summed E-state index contributed by atoms with van der Waals surface area (Å²) in [6, 6.07) is 3.28. The van der Waals surface area contributed by atoms with Gasteiger partial charge in [0.15, 0.2) is 0 Å². The van der Waals surface area contributed by atoms with E-state index in [1.165, 1.54) is 12.1 Å². The van der Waals surface area contributed by atoms with E-state index in [1.54, 1.807) is 11.8 Å². The first-order chi connectivity index (χ1) is 11.2. The second-order valence-corrected chi connectivity index (χ2v) is 6.05. The number of carbonyl (C=O) groups excluding carboxylic acids is 1. The normalized spacial score (nSPS) is 13.0. The van der Waals surface area contributed by atoms with E-state index in [0.717, 1.165) is 6.07 Å². The van der Waals surface area contributed by atoms with Crippen LogP contribution >= 0.6 is 11.8 Å². The number of amides is 1. The molecule has 130 valence electrons. The van der Waals surface area contributed by atoms with Gasteiger partial charge in [0.25, 0.3) is 0 Å². The molecular weight excluding hydrogens is 345 g/mol. The molecule has 2 rings (SSSR count). The highest BCUT2D eigenvalue weighted by Crippen LogP contribution is 2.34. The molecule has 0 bridgehead atoms. The van der Waals surface area contributed by atoms with E-state index < -0.39 is 29.3 Å². The van der Waals surface area contributed by atoms with Crippen molar-refractivity contribution >= 4 is 34.3 Å². The average molecular weight is 360 g/mol. The van der Waals surface area contributed by atoms with Crippen molar-refractivity contribution in [3.05, 3.63) is 40.2 Å². The lowest BCUT2D eigenvalue weighted by molar-refractivity contribution is -0.136. The Kier molecular flexibility index (Phi) is 5.55. The number of hydrogen-bond acceptors (Lipinski definition) is 5. The van der Waals surface area contributed by atoms with E-state index in [-0.39, 0.29) is 16.7 Å². The lowest BCUT2D eigenvalue weighted by Crippen LogP contribution is -2.36. The number of anilines is 1. The molecule has 0 aliphatic carbocycles. The van der Waals surface area contributed by atoms with Crippen LogP contribution in [-0.4, -0.2) is 24.0 Å². The summed E-state index contributed by atoms with van der Waals surface area (Å²) in [5.41, 5.74) is 3.47. The van der Waals surface area contributed by atoms with Crippen LogP contribution in [0.2, 0.25) is 0 Å². The summed E-state index contributed by atoms with van der Waals surface area (Å²) in [4.78, 5) is 23.3. The molecule has 1 heterocycles. The van der Waals surface area contributed by atoms with Gasteiger partial charge in [0.05, 0.1) is 11.6 Å². The van der Waals surface area contributed by atoms with Crippen molar-refractivity contribution in [2.24, 2.45) is 5.73 Å². The summed E-state index contributed by atoms with van der Waals surface area (Å²) in [5.74, 6) is 0.244. The zero-order valence-electron chi connectivity index (χ0n) is 12.6. The highest BCUT2D eigenvalue weighted by molar-refractivity contribution is 7.98. The molecule has 0 aliphatic rings. The van der Waals surface area contributed by atoms with Gasteiger partial charge in [0.2, 0.25) is 5.91 Å². The van der Waals surface area contributed by atoms with Crippen molar-refractivity contribution in [1.82, 2.24) is 0 Å². The molecule has 9 heteroatoms. The van der Waals surface area contributed by atoms with Gasteiger partial charge < -0.3 is 15.5 Å². The maximum atomic E-state index is 13.0. The topological polar surface area (TPSA) is 85.3 Å². The van der Waals surface area contributed by atoms with Crippen LogP contribution in [0.3, 0.4) is 0 Å². The van der Waals surface area contributed by atoms with Crippen molar-refractivity contribution < 1.29 is 22.4 Å². The number of fused-ring (bicyclic) bond motifs is 1. The van der Waals surface area contributed by atoms with Crippen LogP contribution < -0.4 is 16.7 Å². The van der Waals surface area contributed by atoms with Crippen LogP contribution in [0.15, 0.2) is 33.5 Å². The minimum Gasteiger partial charge on any atom is -0.423 e. The molecule has 3 N–H and O–H groups in total. The first kappa shape index (κ1) is 18.3. The van der Waals surface area contributed by atoms with Crippen LogP contribution in [0.4, 0.5) is 18.9 Å². The largest absolute Gasteiger partial charge is 0.423 e. The smallest absolute Gasteiger partial charge is 0.417 e. The fourth-order valence-corrected chi connectivity index (χ4v) is 2.58. The first-order valence-electron chi connectivity index (χ1n) is 6.93. The first-order valence-corrected chi connectivity index (χ1v) is 8.32. The molecule has 2 aromatic rings. The lowest BCUT2D eigenvalue weighted by Gasteiger charge is -2.13. The number of thioether (sulfide) groups is 1. The Morgan fingerprint density at radius 2 is 2.08 bits per heavy atom. The highest BCUT2D eigenvalue weighted by Gasteiger charge is 2.33. The number of alkyl halides is 3. The molecule has 0 fully saturated rings. The lowest BCUT2D eigenvalue weighted by atomic mass is 10.1. The van der Waals surface area contributed by atoms with Gasteiger partial charge in [0, 0.05) is 23.2 Å². The third kappa shape index (κ3) is 4.30. The zero-order chi connectivity index (χ0) is 17.9. The SMILES string of the molecule is CSCCC(N)C(=O)Nc1ccc2c(C(F)(F)F)cc(=O)oc2c1. The molecule has 1 amide bonds. The molecule has 1 atom stereocenters. The Hall–Kier alpha value is -2.00. The predicted molar refractivity (Wildman–Crippen MR) is 87.1 cm³/mol. The monoisotopic (exact) mass is 360 g/mol. The summed E-state index contributed by atoms with van der Waals surface area (Å²) in [7, 11) is 0.